The normalized spacial score (nSPS) is 12.4. The third kappa shape index (κ3) is 6.47. The molecule has 27 heavy (non-hydrogen) atoms. The van der Waals surface area contributed by atoms with E-state index in [4.69, 9.17) is 10.00 Å². The number of esters is 1. The van der Waals surface area contributed by atoms with Crippen molar-refractivity contribution in [2.45, 2.75) is 25.3 Å². The molecule has 2 aromatic carbocycles. The number of hydrogen-bond acceptors (Lipinski definition) is 5. The third-order valence-corrected chi connectivity index (χ3v) is 4.55. The van der Waals surface area contributed by atoms with Crippen LogP contribution in [0.25, 0.3) is 0 Å². The first-order valence-corrected chi connectivity index (χ1v) is 8.95. The van der Waals surface area contributed by atoms with Gasteiger partial charge in [-0.2, -0.15) is 0 Å². The number of methoxy groups -OCH3 is 1. The van der Waals surface area contributed by atoms with Crippen LogP contribution in [0.3, 0.4) is 0 Å². The van der Waals surface area contributed by atoms with Crippen LogP contribution in [0.2, 0.25) is 0 Å². The molecule has 1 N–H and O–H groups in total. The van der Waals surface area contributed by atoms with Crippen LogP contribution in [0.4, 0.5) is 0 Å². The standard InChI is InChI=1S/C21H23BN2O3/c1-27-21(25)19(13-17-8-5-9-18(12-17)14-23)20(24-15-22-26)11-10-16-6-3-2-4-7-16/h2-9,12,19-20,24H,10-11,13,15H2,1H3. The van der Waals surface area contributed by atoms with Crippen molar-refractivity contribution in [1.29, 1.82) is 5.26 Å². The van der Waals surface area contributed by atoms with Crippen LogP contribution in [-0.2, 0) is 27.1 Å². The molecule has 2 atom stereocenters. The zero-order chi connectivity index (χ0) is 19.5. The Morgan fingerprint density at radius 2 is 1.93 bits per heavy atom. The minimum absolute atomic E-state index is 0.172. The number of carbonyl (C=O) groups excluding carboxylic acids is 1. The van der Waals surface area contributed by atoms with E-state index in [0.717, 1.165) is 19.1 Å². The summed E-state index contributed by atoms with van der Waals surface area (Å²) in [5.74, 6) is -0.776. The molecule has 0 saturated heterocycles. The Morgan fingerprint density at radius 3 is 2.59 bits per heavy atom. The Hall–Kier alpha value is -2.78. The van der Waals surface area contributed by atoms with Crippen molar-refractivity contribution in [2.24, 2.45) is 5.92 Å². The molecule has 2 rings (SSSR count). The Balaban J connectivity index is 2.19. The van der Waals surface area contributed by atoms with Crippen molar-refractivity contribution < 1.29 is 14.2 Å². The van der Waals surface area contributed by atoms with Crippen LogP contribution in [0.15, 0.2) is 54.6 Å². The van der Waals surface area contributed by atoms with Gasteiger partial charge in [0.2, 0.25) is 0 Å². The molecule has 0 amide bonds. The number of hydrogen-bond donors (Lipinski definition) is 1. The van der Waals surface area contributed by atoms with Gasteiger partial charge in [-0.05, 0) is 0 Å². The number of nitrogens with zero attached hydrogens (tertiary/aromatic N) is 1. The summed E-state index contributed by atoms with van der Waals surface area (Å²) in [6.07, 6.45) is 2.08. The average Bonchev–Trinajstić information content (AvgIpc) is 2.73. The van der Waals surface area contributed by atoms with Crippen LogP contribution < -0.4 is 5.32 Å². The molecular formula is C21H23BN2O3. The molecule has 0 aliphatic heterocycles. The number of ether oxygens (including phenoxy) is 1. The molecule has 5 nitrogen and oxygen atoms in total. The first kappa shape index (κ1) is 20.5. The van der Waals surface area contributed by atoms with Crippen molar-refractivity contribution in [2.75, 3.05) is 13.6 Å². The summed E-state index contributed by atoms with van der Waals surface area (Å²) in [5.41, 5.74) is 2.62. The topological polar surface area (TPSA) is 79.2 Å². The van der Waals surface area contributed by atoms with Gasteiger partial charge in [-0.15, -0.1) is 0 Å². The molecule has 0 radical (unpaired) electrons. The second-order valence-electron chi connectivity index (χ2n) is 6.35. The van der Waals surface area contributed by atoms with Gasteiger partial charge in [-0.1, -0.05) is 0 Å². The SMILES string of the molecule is COC(=O)C(Cc1cccc(C#N)c1)C(CCc1ccccc1)NCB=O. The van der Waals surface area contributed by atoms with Gasteiger partial charge >= 0.3 is 160 Å². The maximum absolute atomic E-state index is 12.5. The molecule has 2 aromatic rings. The predicted molar refractivity (Wildman–Crippen MR) is 103 cm³/mol. The van der Waals surface area contributed by atoms with E-state index in [-0.39, 0.29) is 18.5 Å². The van der Waals surface area contributed by atoms with E-state index in [1.165, 1.54) is 12.7 Å². The fourth-order valence-electron chi connectivity index (χ4n) is 3.17. The van der Waals surface area contributed by atoms with Crippen molar-refractivity contribution in [3.63, 3.8) is 0 Å². The van der Waals surface area contributed by atoms with E-state index in [1.807, 2.05) is 36.4 Å². The van der Waals surface area contributed by atoms with Crippen molar-refractivity contribution in [1.82, 2.24) is 5.32 Å². The van der Waals surface area contributed by atoms with E-state index in [2.05, 4.69) is 11.4 Å². The number of benzene rings is 2. The summed E-state index contributed by atoms with van der Waals surface area (Å²) in [5, 5.41) is 12.3. The van der Waals surface area contributed by atoms with Gasteiger partial charge in [-0.3, -0.25) is 0 Å². The third-order valence-electron chi connectivity index (χ3n) is 4.55. The molecule has 0 aliphatic carbocycles. The molecule has 0 aliphatic rings. The summed E-state index contributed by atoms with van der Waals surface area (Å²) < 4.78 is 15.9. The minimum atomic E-state index is -0.451. The molecular weight excluding hydrogens is 339 g/mol. The Labute approximate surface area is 160 Å². The molecule has 0 bridgehead atoms. The second kappa shape index (κ2) is 11.0. The van der Waals surface area contributed by atoms with Crippen LogP contribution in [0.5, 0.6) is 0 Å². The van der Waals surface area contributed by atoms with E-state index >= 15 is 0 Å². The van der Waals surface area contributed by atoms with Gasteiger partial charge in [0, 0.05) is 0 Å². The second-order valence-corrected chi connectivity index (χ2v) is 6.35. The Kier molecular flexibility index (Phi) is 8.40. The van der Waals surface area contributed by atoms with E-state index in [0.29, 0.717) is 18.4 Å². The average molecular weight is 362 g/mol. The molecule has 0 heterocycles. The zero-order valence-corrected chi connectivity index (χ0v) is 15.4. The van der Waals surface area contributed by atoms with Gasteiger partial charge in [0.25, 0.3) is 0 Å². The summed E-state index contributed by atoms with van der Waals surface area (Å²) in [6, 6.07) is 19.1. The van der Waals surface area contributed by atoms with Crippen molar-refractivity contribution in [3.05, 3.63) is 71.3 Å². The van der Waals surface area contributed by atoms with Crippen molar-refractivity contribution >= 4 is 13.1 Å². The molecule has 138 valence electrons. The van der Waals surface area contributed by atoms with Gasteiger partial charge < -0.3 is 0 Å². The van der Waals surface area contributed by atoms with Gasteiger partial charge in [0.15, 0.2) is 0 Å². The van der Waals surface area contributed by atoms with Crippen LogP contribution >= 0.6 is 0 Å². The molecule has 0 aromatic heterocycles. The summed E-state index contributed by atoms with van der Waals surface area (Å²) >= 11 is 0. The predicted octanol–water partition coefficient (Wildman–Crippen LogP) is 2.49. The van der Waals surface area contributed by atoms with Crippen LogP contribution in [0, 0.1) is 17.2 Å². The zero-order valence-electron chi connectivity index (χ0n) is 15.4. The fourth-order valence-corrected chi connectivity index (χ4v) is 3.17. The maximum atomic E-state index is 12.5. The van der Waals surface area contributed by atoms with E-state index < -0.39 is 5.92 Å². The number of aryl methyl sites for hydroxylation is 1. The molecule has 2 unspecified atom stereocenters. The van der Waals surface area contributed by atoms with E-state index in [9.17, 15) is 9.50 Å². The van der Waals surface area contributed by atoms with Gasteiger partial charge in [-0.25, -0.2) is 0 Å². The van der Waals surface area contributed by atoms with E-state index in [1.54, 1.807) is 18.2 Å². The molecule has 6 heteroatoms. The fraction of sp³-hybridized carbons (Fsp3) is 0.333. The first-order chi connectivity index (χ1) is 13.2. The van der Waals surface area contributed by atoms with Gasteiger partial charge in [0.1, 0.15) is 0 Å². The Bertz CT molecular complexity index is 790. The van der Waals surface area contributed by atoms with Crippen LogP contribution in [-0.4, -0.2) is 32.7 Å². The van der Waals surface area contributed by atoms with Crippen molar-refractivity contribution in [3.8, 4) is 6.07 Å². The number of nitriles is 1. The summed E-state index contributed by atoms with van der Waals surface area (Å²) in [7, 11) is 2.16. The Morgan fingerprint density at radius 1 is 1.19 bits per heavy atom. The number of carbonyl (C=O) groups is 1. The van der Waals surface area contributed by atoms with Crippen LogP contribution in [0.1, 0.15) is 23.1 Å². The number of nitrogens with one attached hydrogen (secondary N) is 1. The molecule has 0 saturated carbocycles. The first-order valence-electron chi connectivity index (χ1n) is 8.95. The number of rotatable bonds is 10. The van der Waals surface area contributed by atoms with Gasteiger partial charge in [0.05, 0.1) is 0 Å². The molecule has 0 fully saturated rings. The summed E-state index contributed by atoms with van der Waals surface area (Å²) in [6.45, 7) is 0. The quantitative estimate of drug-likeness (QED) is 0.519. The summed E-state index contributed by atoms with van der Waals surface area (Å²) in [4.78, 5) is 12.5. The molecule has 0 spiro atoms. The monoisotopic (exact) mass is 362 g/mol.